The van der Waals surface area contributed by atoms with Gasteiger partial charge in [0.15, 0.2) is 11.5 Å². The van der Waals surface area contributed by atoms with Crippen LogP contribution in [0.3, 0.4) is 0 Å². The molecule has 2 aromatic carbocycles. The quantitative estimate of drug-likeness (QED) is 0.698. The van der Waals surface area contributed by atoms with Gasteiger partial charge in [-0.3, -0.25) is 0 Å². The van der Waals surface area contributed by atoms with E-state index in [4.69, 9.17) is 4.74 Å². The Balaban J connectivity index is 2.12. The second kappa shape index (κ2) is 7.77. The van der Waals surface area contributed by atoms with Gasteiger partial charge in [0.25, 0.3) is 0 Å². The third kappa shape index (κ3) is 4.44. The van der Waals surface area contributed by atoms with E-state index in [2.05, 4.69) is 0 Å². The number of ether oxygens (including phenoxy) is 1. The van der Waals surface area contributed by atoms with Crippen molar-refractivity contribution in [2.45, 2.75) is 33.1 Å². The summed E-state index contributed by atoms with van der Waals surface area (Å²) in [6, 6.07) is 8.63. The van der Waals surface area contributed by atoms with Crippen molar-refractivity contribution in [2.75, 3.05) is 7.11 Å². The molecule has 24 heavy (non-hydrogen) atoms. The van der Waals surface area contributed by atoms with Crippen LogP contribution in [0.25, 0.3) is 0 Å². The molecule has 0 saturated heterocycles. The predicted molar refractivity (Wildman–Crippen MR) is 95.0 cm³/mol. The van der Waals surface area contributed by atoms with E-state index in [1.807, 2.05) is 26.0 Å². The lowest BCUT2D eigenvalue weighted by Gasteiger charge is -2.10. The van der Waals surface area contributed by atoms with Crippen LogP contribution >= 0.6 is 0 Å². The van der Waals surface area contributed by atoms with E-state index in [1.54, 1.807) is 24.3 Å². The van der Waals surface area contributed by atoms with Crippen molar-refractivity contribution in [2.24, 2.45) is 0 Å². The number of benzene rings is 2. The molecule has 0 aliphatic rings. The third-order valence-corrected chi connectivity index (χ3v) is 3.92. The molecular weight excluding hydrogens is 304 g/mol. The van der Waals surface area contributed by atoms with Crippen LogP contribution in [0.2, 0.25) is 0 Å². The molecule has 3 N–H and O–H groups in total. The number of allylic oxidation sites excluding steroid dienone is 2. The first-order valence-corrected chi connectivity index (χ1v) is 7.93. The summed E-state index contributed by atoms with van der Waals surface area (Å²) in [6.07, 6.45) is 3.85. The molecule has 0 unspecified atom stereocenters. The first-order chi connectivity index (χ1) is 11.4. The predicted octanol–water partition coefficient (Wildman–Crippen LogP) is 4.11. The number of hydrogen-bond donors (Lipinski definition) is 3. The van der Waals surface area contributed by atoms with Crippen LogP contribution in [0.4, 0.5) is 0 Å². The number of phenols is 3. The minimum atomic E-state index is 0.111. The van der Waals surface area contributed by atoms with Crippen LogP contribution < -0.4 is 4.74 Å². The average molecular weight is 328 g/mol. The summed E-state index contributed by atoms with van der Waals surface area (Å²) in [4.78, 5) is 0. The lowest BCUT2D eigenvalue weighted by molar-refractivity contribution is 0.373. The number of phenolic OH excluding ortho intramolecular Hbond substituents is 3. The Kier molecular flexibility index (Phi) is 5.74. The molecule has 0 atom stereocenters. The minimum Gasteiger partial charge on any atom is -0.508 e. The van der Waals surface area contributed by atoms with Crippen LogP contribution in [0.1, 0.15) is 30.5 Å². The molecule has 4 nitrogen and oxygen atoms in total. The second-order valence-corrected chi connectivity index (χ2v) is 6.10. The first kappa shape index (κ1) is 17.7. The number of aromatic hydroxyl groups is 3. The standard InChI is InChI=1S/C20H24O4/c1-13(2)4-8-16-18(22)10-15(11-19(16)23)6-5-14-7-9-17(21)20(12-14)24-3/h4,7,9-12,21-23H,5-6,8H2,1-3H3. The van der Waals surface area contributed by atoms with E-state index >= 15 is 0 Å². The van der Waals surface area contributed by atoms with Gasteiger partial charge in [0, 0.05) is 5.56 Å². The van der Waals surface area contributed by atoms with Crippen molar-refractivity contribution >= 4 is 0 Å². The molecule has 0 aromatic heterocycles. The zero-order chi connectivity index (χ0) is 17.7. The SMILES string of the molecule is COc1cc(CCc2cc(O)c(CC=C(C)C)c(O)c2)ccc1O. The molecule has 0 heterocycles. The Labute approximate surface area is 142 Å². The van der Waals surface area contributed by atoms with Gasteiger partial charge in [-0.25, -0.2) is 0 Å². The van der Waals surface area contributed by atoms with Gasteiger partial charge in [0.05, 0.1) is 7.11 Å². The molecule has 0 aliphatic carbocycles. The molecule has 2 aromatic rings. The molecule has 128 valence electrons. The molecule has 0 bridgehead atoms. The summed E-state index contributed by atoms with van der Waals surface area (Å²) in [5.41, 5.74) is 3.56. The van der Waals surface area contributed by atoms with E-state index in [9.17, 15) is 15.3 Å². The summed E-state index contributed by atoms with van der Waals surface area (Å²) in [5.74, 6) is 0.784. The highest BCUT2D eigenvalue weighted by atomic mass is 16.5. The Bertz CT molecular complexity index is 720. The summed E-state index contributed by atoms with van der Waals surface area (Å²) in [5, 5.41) is 29.9. The van der Waals surface area contributed by atoms with Gasteiger partial charge in [0.2, 0.25) is 0 Å². The molecular formula is C20H24O4. The highest BCUT2D eigenvalue weighted by Gasteiger charge is 2.10. The minimum absolute atomic E-state index is 0.111. The topological polar surface area (TPSA) is 69.9 Å². The van der Waals surface area contributed by atoms with Gasteiger partial charge in [0.1, 0.15) is 11.5 Å². The second-order valence-electron chi connectivity index (χ2n) is 6.10. The maximum Gasteiger partial charge on any atom is 0.160 e. The summed E-state index contributed by atoms with van der Waals surface area (Å²) >= 11 is 0. The fraction of sp³-hybridized carbons (Fsp3) is 0.300. The van der Waals surface area contributed by atoms with Gasteiger partial charge >= 0.3 is 0 Å². The molecule has 0 radical (unpaired) electrons. The van der Waals surface area contributed by atoms with E-state index < -0.39 is 0 Å². The normalized spacial score (nSPS) is 10.5. The summed E-state index contributed by atoms with van der Waals surface area (Å²) in [7, 11) is 1.51. The molecule has 0 amide bonds. The number of aryl methyl sites for hydroxylation is 2. The van der Waals surface area contributed by atoms with E-state index in [0.29, 0.717) is 30.6 Å². The molecule has 0 fully saturated rings. The van der Waals surface area contributed by atoms with Crippen molar-refractivity contribution < 1.29 is 20.1 Å². The van der Waals surface area contributed by atoms with E-state index in [1.165, 1.54) is 7.11 Å². The highest BCUT2D eigenvalue weighted by Crippen LogP contribution is 2.31. The smallest absolute Gasteiger partial charge is 0.160 e. The van der Waals surface area contributed by atoms with Crippen molar-refractivity contribution in [1.29, 1.82) is 0 Å². The maximum absolute atomic E-state index is 10.2. The van der Waals surface area contributed by atoms with Gasteiger partial charge in [-0.1, -0.05) is 17.7 Å². The van der Waals surface area contributed by atoms with E-state index in [-0.39, 0.29) is 17.2 Å². The summed E-state index contributed by atoms with van der Waals surface area (Å²) in [6.45, 7) is 3.96. The molecule has 0 spiro atoms. The number of hydrogen-bond acceptors (Lipinski definition) is 4. The van der Waals surface area contributed by atoms with E-state index in [0.717, 1.165) is 16.7 Å². The van der Waals surface area contributed by atoms with Crippen LogP contribution in [-0.2, 0) is 19.3 Å². The average Bonchev–Trinajstić information content (AvgIpc) is 2.53. The molecule has 0 saturated carbocycles. The zero-order valence-electron chi connectivity index (χ0n) is 14.3. The van der Waals surface area contributed by atoms with Crippen LogP contribution in [-0.4, -0.2) is 22.4 Å². The molecule has 0 aliphatic heterocycles. The number of rotatable bonds is 6. The maximum atomic E-state index is 10.2. The molecule has 4 heteroatoms. The fourth-order valence-corrected chi connectivity index (χ4v) is 2.52. The van der Waals surface area contributed by atoms with Gasteiger partial charge in [-0.2, -0.15) is 0 Å². The molecule has 2 rings (SSSR count). The zero-order valence-corrected chi connectivity index (χ0v) is 14.3. The lowest BCUT2D eigenvalue weighted by atomic mass is 10.00. The highest BCUT2D eigenvalue weighted by molar-refractivity contribution is 5.48. The van der Waals surface area contributed by atoms with Crippen LogP contribution in [0.5, 0.6) is 23.0 Å². The summed E-state index contributed by atoms with van der Waals surface area (Å²) < 4.78 is 5.10. The van der Waals surface area contributed by atoms with Crippen molar-refractivity contribution in [3.05, 3.63) is 58.7 Å². The van der Waals surface area contributed by atoms with Crippen molar-refractivity contribution in [3.8, 4) is 23.0 Å². The largest absolute Gasteiger partial charge is 0.508 e. The Morgan fingerprint density at radius 3 is 2.12 bits per heavy atom. The first-order valence-electron chi connectivity index (χ1n) is 7.93. The Hall–Kier alpha value is -2.62. The van der Waals surface area contributed by atoms with Gasteiger partial charge < -0.3 is 20.1 Å². The number of methoxy groups -OCH3 is 1. The lowest BCUT2D eigenvalue weighted by Crippen LogP contribution is -1.95. The van der Waals surface area contributed by atoms with Crippen LogP contribution in [0.15, 0.2) is 42.0 Å². The Morgan fingerprint density at radius 1 is 0.917 bits per heavy atom. The van der Waals surface area contributed by atoms with Crippen molar-refractivity contribution in [1.82, 2.24) is 0 Å². The Morgan fingerprint density at radius 2 is 1.54 bits per heavy atom. The van der Waals surface area contributed by atoms with Crippen LogP contribution in [0, 0.1) is 0 Å². The third-order valence-electron chi connectivity index (χ3n) is 3.92. The fourth-order valence-electron chi connectivity index (χ4n) is 2.52. The van der Waals surface area contributed by atoms with Crippen molar-refractivity contribution in [3.63, 3.8) is 0 Å². The monoisotopic (exact) mass is 328 g/mol. The van der Waals surface area contributed by atoms with Gasteiger partial charge in [-0.15, -0.1) is 0 Å². The van der Waals surface area contributed by atoms with Gasteiger partial charge in [-0.05, 0) is 68.5 Å².